The molecule has 0 unspecified atom stereocenters. The predicted octanol–water partition coefficient (Wildman–Crippen LogP) is 3.13. The summed E-state index contributed by atoms with van der Waals surface area (Å²) in [7, 11) is 0. The molecule has 0 aliphatic rings. The number of aryl methyl sites for hydroxylation is 2. The molecular formula is C12H19NS. The normalized spacial score (nSPS) is 11.8. The van der Waals surface area contributed by atoms with Gasteiger partial charge in [0.05, 0.1) is 0 Å². The van der Waals surface area contributed by atoms with Gasteiger partial charge in [0, 0.05) is 16.2 Å². The molecule has 1 aromatic rings. The van der Waals surface area contributed by atoms with Crippen molar-refractivity contribution in [2.24, 2.45) is 5.73 Å². The van der Waals surface area contributed by atoms with Crippen LogP contribution in [0.4, 0.5) is 0 Å². The van der Waals surface area contributed by atoms with Crippen molar-refractivity contribution in [3.8, 4) is 0 Å². The molecule has 0 radical (unpaired) electrons. The molecule has 78 valence electrons. The van der Waals surface area contributed by atoms with E-state index >= 15 is 0 Å². The van der Waals surface area contributed by atoms with Crippen molar-refractivity contribution in [1.82, 2.24) is 0 Å². The van der Waals surface area contributed by atoms with Crippen molar-refractivity contribution in [3.05, 3.63) is 29.3 Å². The van der Waals surface area contributed by atoms with Crippen LogP contribution in [-0.2, 0) is 0 Å². The molecule has 0 saturated carbocycles. The van der Waals surface area contributed by atoms with Gasteiger partial charge in [0.25, 0.3) is 0 Å². The lowest BCUT2D eigenvalue weighted by atomic mass is 10.1. The van der Waals surface area contributed by atoms with E-state index in [0.29, 0.717) is 0 Å². The van der Waals surface area contributed by atoms with Crippen LogP contribution in [-0.4, -0.2) is 11.3 Å². The lowest BCUT2D eigenvalue weighted by Gasteiger charge is -2.18. The van der Waals surface area contributed by atoms with E-state index in [0.717, 1.165) is 5.75 Å². The molecule has 1 aromatic carbocycles. The maximum Gasteiger partial charge on any atom is 0.0192 e. The van der Waals surface area contributed by atoms with Gasteiger partial charge in [-0.1, -0.05) is 17.7 Å². The summed E-state index contributed by atoms with van der Waals surface area (Å²) in [4.78, 5) is 1.35. The van der Waals surface area contributed by atoms with Gasteiger partial charge in [-0.3, -0.25) is 0 Å². The molecular weight excluding hydrogens is 190 g/mol. The number of hydrogen-bond acceptors (Lipinski definition) is 2. The van der Waals surface area contributed by atoms with Crippen molar-refractivity contribution in [3.63, 3.8) is 0 Å². The summed E-state index contributed by atoms with van der Waals surface area (Å²) in [6.45, 7) is 8.39. The van der Waals surface area contributed by atoms with Crippen molar-refractivity contribution < 1.29 is 0 Å². The Bertz CT molecular complexity index is 313. The zero-order valence-corrected chi connectivity index (χ0v) is 10.2. The van der Waals surface area contributed by atoms with E-state index in [4.69, 9.17) is 5.73 Å². The summed E-state index contributed by atoms with van der Waals surface area (Å²) in [6, 6.07) is 6.54. The minimum Gasteiger partial charge on any atom is -0.325 e. The number of hydrogen-bond donors (Lipinski definition) is 1. The van der Waals surface area contributed by atoms with Crippen molar-refractivity contribution in [2.75, 3.05) is 5.75 Å². The molecule has 0 saturated heterocycles. The largest absolute Gasteiger partial charge is 0.325 e. The van der Waals surface area contributed by atoms with Gasteiger partial charge in [-0.2, -0.15) is 0 Å². The topological polar surface area (TPSA) is 26.0 Å². The summed E-state index contributed by atoms with van der Waals surface area (Å²) in [5.41, 5.74) is 8.50. The molecule has 0 aliphatic carbocycles. The summed E-state index contributed by atoms with van der Waals surface area (Å²) >= 11 is 1.84. The van der Waals surface area contributed by atoms with Crippen molar-refractivity contribution in [1.29, 1.82) is 0 Å². The standard InChI is InChI=1S/C12H19NS/c1-9-5-6-10(2)11(7-9)14-8-12(3,4)13/h5-7H,8,13H2,1-4H3. The highest BCUT2D eigenvalue weighted by Gasteiger charge is 2.11. The minimum atomic E-state index is -0.0964. The van der Waals surface area contributed by atoms with E-state index in [1.165, 1.54) is 16.0 Å². The van der Waals surface area contributed by atoms with E-state index in [9.17, 15) is 0 Å². The second-order valence-corrected chi connectivity index (χ2v) is 5.56. The van der Waals surface area contributed by atoms with Crippen LogP contribution < -0.4 is 5.73 Å². The number of thioether (sulfide) groups is 1. The van der Waals surface area contributed by atoms with Gasteiger partial charge >= 0.3 is 0 Å². The van der Waals surface area contributed by atoms with Gasteiger partial charge in [0.2, 0.25) is 0 Å². The first-order chi connectivity index (χ1) is 6.38. The van der Waals surface area contributed by atoms with E-state index < -0.39 is 0 Å². The molecule has 0 aliphatic heterocycles. The molecule has 0 atom stereocenters. The first-order valence-electron chi connectivity index (χ1n) is 4.87. The first-order valence-corrected chi connectivity index (χ1v) is 5.86. The van der Waals surface area contributed by atoms with Crippen molar-refractivity contribution >= 4 is 11.8 Å². The van der Waals surface area contributed by atoms with Gasteiger partial charge in [-0.15, -0.1) is 11.8 Å². The van der Waals surface area contributed by atoms with E-state index in [-0.39, 0.29) is 5.54 Å². The van der Waals surface area contributed by atoms with Gasteiger partial charge in [0.15, 0.2) is 0 Å². The SMILES string of the molecule is Cc1ccc(C)c(SCC(C)(C)N)c1. The number of nitrogens with two attached hydrogens (primary N) is 1. The first kappa shape index (κ1) is 11.6. The third kappa shape index (κ3) is 3.72. The van der Waals surface area contributed by atoms with Crippen LogP contribution in [0, 0.1) is 13.8 Å². The molecule has 0 fully saturated rings. The molecule has 0 amide bonds. The van der Waals surface area contributed by atoms with E-state index in [2.05, 4.69) is 45.9 Å². The van der Waals surface area contributed by atoms with Crippen LogP contribution in [0.5, 0.6) is 0 Å². The van der Waals surface area contributed by atoms with Gasteiger partial charge in [-0.05, 0) is 39.3 Å². The Morgan fingerprint density at radius 3 is 2.50 bits per heavy atom. The van der Waals surface area contributed by atoms with E-state index in [1.54, 1.807) is 0 Å². The van der Waals surface area contributed by atoms with Crippen LogP contribution >= 0.6 is 11.8 Å². The molecule has 0 spiro atoms. The van der Waals surface area contributed by atoms with Crippen LogP contribution in [0.25, 0.3) is 0 Å². The molecule has 1 nitrogen and oxygen atoms in total. The highest BCUT2D eigenvalue weighted by molar-refractivity contribution is 7.99. The second kappa shape index (κ2) is 4.37. The van der Waals surface area contributed by atoms with Crippen LogP contribution in [0.1, 0.15) is 25.0 Å². The predicted molar refractivity (Wildman–Crippen MR) is 64.9 cm³/mol. The Morgan fingerprint density at radius 1 is 1.29 bits per heavy atom. The van der Waals surface area contributed by atoms with Crippen LogP contribution in [0.3, 0.4) is 0 Å². The third-order valence-electron chi connectivity index (χ3n) is 1.94. The molecule has 1 rings (SSSR count). The Kier molecular flexibility index (Phi) is 3.62. The quantitative estimate of drug-likeness (QED) is 0.774. The monoisotopic (exact) mass is 209 g/mol. The number of rotatable bonds is 3. The Labute approximate surface area is 91.1 Å². The molecule has 0 aromatic heterocycles. The fourth-order valence-corrected chi connectivity index (χ4v) is 2.22. The maximum atomic E-state index is 5.95. The van der Waals surface area contributed by atoms with Gasteiger partial charge in [0.1, 0.15) is 0 Å². The van der Waals surface area contributed by atoms with Gasteiger partial charge in [-0.25, -0.2) is 0 Å². The lowest BCUT2D eigenvalue weighted by molar-refractivity contribution is 0.591. The van der Waals surface area contributed by atoms with Crippen molar-refractivity contribution in [2.45, 2.75) is 38.1 Å². The minimum absolute atomic E-state index is 0.0964. The molecule has 2 heteroatoms. The summed E-state index contributed by atoms with van der Waals surface area (Å²) < 4.78 is 0. The zero-order valence-electron chi connectivity index (χ0n) is 9.42. The van der Waals surface area contributed by atoms with E-state index in [1.807, 2.05) is 11.8 Å². The highest BCUT2D eigenvalue weighted by Crippen LogP contribution is 2.25. The molecule has 2 N–H and O–H groups in total. The summed E-state index contributed by atoms with van der Waals surface area (Å²) in [6.07, 6.45) is 0. The Balaban J connectivity index is 2.72. The summed E-state index contributed by atoms with van der Waals surface area (Å²) in [5.74, 6) is 0.956. The van der Waals surface area contributed by atoms with Crippen LogP contribution in [0.2, 0.25) is 0 Å². The fraction of sp³-hybridized carbons (Fsp3) is 0.500. The van der Waals surface area contributed by atoms with Gasteiger partial charge < -0.3 is 5.73 Å². The third-order valence-corrected chi connectivity index (χ3v) is 3.58. The van der Waals surface area contributed by atoms with Crippen LogP contribution in [0.15, 0.2) is 23.1 Å². The molecule has 0 bridgehead atoms. The summed E-state index contributed by atoms with van der Waals surface area (Å²) in [5, 5.41) is 0. The fourth-order valence-electron chi connectivity index (χ4n) is 1.13. The lowest BCUT2D eigenvalue weighted by Crippen LogP contribution is -2.34. The Hall–Kier alpha value is -0.470. The molecule has 14 heavy (non-hydrogen) atoms. The molecule has 0 heterocycles. The average Bonchev–Trinajstić information content (AvgIpc) is 2.05. The smallest absolute Gasteiger partial charge is 0.0192 e. The maximum absolute atomic E-state index is 5.95. The number of benzene rings is 1. The zero-order chi connectivity index (χ0) is 10.8. The Morgan fingerprint density at radius 2 is 1.93 bits per heavy atom. The highest BCUT2D eigenvalue weighted by atomic mass is 32.2. The second-order valence-electron chi connectivity index (χ2n) is 4.55. The average molecular weight is 209 g/mol.